The number of allylic oxidation sites excluding steroid dienone is 7. The second kappa shape index (κ2) is 9.56. The van der Waals surface area contributed by atoms with Gasteiger partial charge in [0.25, 0.3) is 0 Å². The molecule has 2 amide bonds. The Balaban J connectivity index is 1.49. The summed E-state index contributed by atoms with van der Waals surface area (Å²) in [6, 6.07) is 12.5. The van der Waals surface area contributed by atoms with Gasteiger partial charge in [-0.05, 0) is 61.4 Å². The molecule has 1 aliphatic heterocycles. The summed E-state index contributed by atoms with van der Waals surface area (Å²) in [5, 5.41) is 11.3. The number of para-hydroxylation sites is 1. The number of nitrogens with zero attached hydrogens (tertiary/aromatic N) is 1. The standard InChI is InChI=1S/C34H29NO5/c1-4-7-20-8-6-9-23(32(20)38)28-22-14-15-24-29(25(22)17-26-27(36)16-18(3)31(37)30(26)28)34(40)35(33(24)39)21-12-10-19(5-2)11-13-21/h4-6,8-14,16,24-25,28-29,38H,1-2,7,15,17H2,3H3/t24-,25+,28+,29-/m0/s1. The highest BCUT2D eigenvalue weighted by molar-refractivity contribution is 6.25. The molecule has 4 aliphatic rings. The summed E-state index contributed by atoms with van der Waals surface area (Å²) in [7, 11) is 0. The molecule has 200 valence electrons. The van der Waals surface area contributed by atoms with E-state index in [0.717, 1.165) is 11.1 Å². The van der Waals surface area contributed by atoms with E-state index in [2.05, 4.69) is 13.2 Å². The van der Waals surface area contributed by atoms with Crippen LogP contribution in [-0.4, -0.2) is 28.5 Å². The van der Waals surface area contributed by atoms with Gasteiger partial charge in [0.2, 0.25) is 11.8 Å². The summed E-state index contributed by atoms with van der Waals surface area (Å²) in [5.74, 6) is -3.37. The Morgan fingerprint density at radius 3 is 2.45 bits per heavy atom. The number of ketones is 2. The molecule has 0 spiro atoms. The van der Waals surface area contributed by atoms with Crippen LogP contribution in [0.25, 0.3) is 6.08 Å². The average molecular weight is 532 g/mol. The van der Waals surface area contributed by atoms with Crippen LogP contribution in [0.1, 0.15) is 42.4 Å². The number of hydrogen-bond acceptors (Lipinski definition) is 5. The average Bonchev–Trinajstić information content (AvgIpc) is 3.21. The van der Waals surface area contributed by atoms with Crippen LogP contribution in [0.3, 0.4) is 0 Å². The molecule has 6 rings (SSSR count). The van der Waals surface area contributed by atoms with Crippen LogP contribution >= 0.6 is 0 Å². The van der Waals surface area contributed by atoms with E-state index in [4.69, 9.17) is 0 Å². The summed E-state index contributed by atoms with van der Waals surface area (Å²) in [4.78, 5) is 55.8. The number of imide groups is 1. The fourth-order valence-corrected chi connectivity index (χ4v) is 6.89. The molecule has 2 aromatic carbocycles. The second-order valence-electron chi connectivity index (χ2n) is 10.9. The van der Waals surface area contributed by atoms with Gasteiger partial charge in [-0.3, -0.25) is 24.1 Å². The third kappa shape index (κ3) is 3.70. The van der Waals surface area contributed by atoms with E-state index >= 15 is 0 Å². The van der Waals surface area contributed by atoms with Gasteiger partial charge in [-0.25, -0.2) is 0 Å². The van der Waals surface area contributed by atoms with Gasteiger partial charge in [-0.1, -0.05) is 60.7 Å². The summed E-state index contributed by atoms with van der Waals surface area (Å²) >= 11 is 0. The van der Waals surface area contributed by atoms with Crippen molar-refractivity contribution in [1.82, 2.24) is 0 Å². The lowest BCUT2D eigenvalue weighted by molar-refractivity contribution is -0.123. The van der Waals surface area contributed by atoms with Crippen LogP contribution in [0.5, 0.6) is 5.75 Å². The Bertz CT molecular complexity index is 1620. The van der Waals surface area contributed by atoms with Crippen molar-refractivity contribution in [2.75, 3.05) is 4.90 Å². The van der Waals surface area contributed by atoms with Crippen molar-refractivity contribution in [2.24, 2.45) is 17.8 Å². The Hall–Kier alpha value is -4.58. The quantitative estimate of drug-likeness (QED) is 0.317. The number of Topliss-reactive ketones (excluding diaryl/α,β-unsaturated/α-hetero) is 1. The van der Waals surface area contributed by atoms with Gasteiger partial charge >= 0.3 is 0 Å². The summed E-state index contributed by atoms with van der Waals surface area (Å²) < 4.78 is 0. The Labute approximate surface area is 232 Å². The zero-order valence-electron chi connectivity index (χ0n) is 22.2. The van der Waals surface area contributed by atoms with Crippen LogP contribution in [0.15, 0.2) is 96.1 Å². The molecule has 3 aliphatic carbocycles. The number of fused-ring (bicyclic) bond motifs is 3. The van der Waals surface area contributed by atoms with E-state index in [9.17, 15) is 24.3 Å². The Kier molecular flexibility index (Phi) is 6.14. The van der Waals surface area contributed by atoms with Gasteiger partial charge in [0.1, 0.15) is 5.75 Å². The van der Waals surface area contributed by atoms with Crippen molar-refractivity contribution in [3.63, 3.8) is 0 Å². The Morgan fingerprint density at radius 2 is 1.75 bits per heavy atom. The van der Waals surface area contributed by atoms with Crippen LogP contribution in [0, 0.1) is 17.8 Å². The van der Waals surface area contributed by atoms with E-state index in [1.807, 2.05) is 24.3 Å². The van der Waals surface area contributed by atoms with Crippen LogP contribution in [0.4, 0.5) is 5.69 Å². The predicted molar refractivity (Wildman–Crippen MR) is 152 cm³/mol. The molecule has 1 fully saturated rings. The molecule has 6 heteroatoms. The molecule has 1 saturated heterocycles. The maximum absolute atomic E-state index is 14.0. The van der Waals surface area contributed by atoms with Crippen molar-refractivity contribution < 1.29 is 24.3 Å². The SMILES string of the molecule is C=CCc1cccc([C@H]2C3=CC[C@@H]4C(=O)N(c5ccc(C=C)cc5)C(=O)[C@@H]4[C@@H]3CC3=C2C(=O)C(C)=CC3=O)c1O. The highest BCUT2D eigenvalue weighted by Crippen LogP contribution is 2.56. The molecule has 0 unspecified atom stereocenters. The second-order valence-corrected chi connectivity index (χ2v) is 10.9. The smallest absolute Gasteiger partial charge is 0.238 e. The number of carbonyl (C=O) groups is 4. The zero-order valence-corrected chi connectivity index (χ0v) is 22.2. The maximum Gasteiger partial charge on any atom is 0.238 e. The van der Waals surface area contributed by atoms with Crippen LogP contribution in [-0.2, 0) is 25.6 Å². The maximum atomic E-state index is 14.0. The molecule has 0 bridgehead atoms. The molecule has 0 aromatic heterocycles. The first-order valence-corrected chi connectivity index (χ1v) is 13.5. The van der Waals surface area contributed by atoms with Gasteiger partial charge in [0.15, 0.2) is 11.6 Å². The lowest BCUT2D eigenvalue weighted by Gasteiger charge is -2.42. The monoisotopic (exact) mass is 531 g/mol. The normalized spacial score (nSPS) is 25.7. The largest absolute Gasteiger partial charge is 0.507 e. The molecule has 1 heterocycles. The first-order chi connectivity index (χ1) is 19.3. The molecule has 0 radical (unpaired) electrons. The molecule has 40 heavy (non-hydrogen) atoms. The minimum Gasteiger partial charge on any atom is -0.507 e. The summed E-state index contributed by atoms with van der Waals surface area (Å²) in [6.07, 6.45) is 7.67. The molecule has 6 nitrogen and oxygen atoms in total. The summed E-state index contributed by atoms with van der Waals surface area (Å²) in [6.45, 7) is 9.16. The van der Waals surface area contributed by atoms with Crippen molar-refractivity contribution in [1.29, 1.82) is 0 Å². The van der Waals surface area contributed by atoms with Crippen molar-refractivity contribution in [3.8, 4) is 5.75 Å². The lowest BCUT2D eigenvalue weighted by Crippen LogP contribution is -2.39. The van der Waals surface area contributed by atoms with E-state index in [-0.39, 0.29) is 35.6 Å². The third-order valence-corrected chi connectivity index (χ3v) is 8.78. The minimum absolute atomic E-state index is 0.0492. The fraction of sp³-hybridized carbons (Fsp3) is 0.235. The molecule has 0 saturated carbocycles. The number of hydrogen-bond donors (Lipinski definition) is 1. The topological polar surface area (TPSA) is 91.8 Å². The number of carbonyl (C=O) groups excluding carboxylic acids is 4. The van der Waals surface area contributed by atoms with Gasteiger partial charge < -0.3 is 5.11 Å². The fourth-order valence-electron chi connectivity index (χ4n) is 6.89. The van der Waals surface area contributed by atoms with Crippen molar-refractivity contribution in [3.05, 3.63) is 113 Å². The predicted octanol–water partition coefficient (Wildman–Crippen LogP) is 5.40. The highest BCUT2D eigenvalue weighted by atomic mass is 16.3. The number of amides is 2. The van der Waals surface area contributed by atoms with Gasteiger partial charge in [0.05, 0.1) is 17.5 Å². The third-order valence-electron chi connectivity index (χ3n) is 8.78. The van der Waals surface area contributed by atoms with E-state index in [1.165, 1.54) is 11.0 Å². The van der Waals surface area contributed by atoms with E-state index < -0.39 is 23.7 Å². The highest BCUT2D eigenvalue weighted by Gasteiger charge is 2.56. The molecular formula is C34H29NO5. The van der Waals surface area contributed by atoms with E-state index in [0.29, 0.717) is 46.4 Å². The zero-order chi connectivity index (χ0) is 28.3. The number of anilines is 1. The summed E-state index contributed by atoms with van der Waals surface area (Å²) in [5.41, 5.74) is 4.45. The minimum atomic E-state index is -0.691. The molecule has 2 aromatic rings. The van der Waals surface area contributed by atoms with Crippen LogP contribution in [0.2, 0.25) is 0 Å². The van der Waals surface area contributed by atoms with E-state index in [1.54, 1.807) is 43.3 Å². The first-order valence-electron chi connectivity index (χ1n) is 13.5. The number of phenolic OH excluding ortho intramolecular Hbond substituents is 1. The van der Waals surface area contributed by atoms with Gasteiger partial charge in [0, 0.05) is 28.2 Å². The number of phenols is 1. The molecule has 1 N–H and O–H groups in total. The Morgan fingerprint density at radius 1 is 1.00 bits per heavy atom. The lowest BCUT2D eigenvalue weighted by atomic mass is 9.59. The number of rotatable bonds is 5. The van der Waals surface area contributed by atoms with Gasteiger partial charge in [-0.15, -0.1) is 6.58 Å². The number of aromatic hydroxyl groups is 1. The van der Waals surface area contributed by atoms with Gasteiger partial charge in [-0.2, -0.15) is 0 Å². The molecular weight excluding hydrogens is 502 g/mol. The molecule has 4 atom stereocenters. The van der Waals surface area contributed by atoms with Crippen molar-refractivity contribution >= 4 is 35.1 Å². The van der Waals surface area contributed by atoms with Crippen molar-refractivity contribution in [2.45, 2.75) is 32.1 Å². The first kappa shape index (κ1) is 25.7. The number of benzene rings is 2. The van der Waals surface area contributed by atoms with Crippen LogP contribution < -0.4 is 4.90 Å².